The van der Waals surface area contributed by atoms with Crippen LogP contribution in [0.1, 0.15) is 24.1 Å². The van der Waals surface area contributed by atoms with Gasteiger partial charge in [0.1, 0.15) is 0 Å². The second-order valence-corrected chi connectivity index (χ2v) is 5.85. The van der Waals surface area contributed by atoms with E-state index < -0.39 is 6.43 Å². The summed E-state index contributed by atoms with van der Waals surface area (Å²) in [6.45, 7) is 2.42. The molecule has 2 unspecified atom stereocenters. The highest BCUT2D eigenvalue weighted by molar-refractivity contribution is 7.10. The van der Waals surface area contributed by atoms with Crippen molar-refractivity contribution in [1.82, 2.24) is 10.2 Å². The maximum Gasteiger partial charge on any atom is 0.250 e. The van der Waals surface area contributed by atoms with Gasteiger partial charge >= 0.3 is 0 Å². The summed E-state index contributed by atoms with van der Waals surface area (Å²) in [6, 6.07) is 3.97. The molecule has 0 bridgehead atoms. The fraction of sp³-hybridized carbons (Fsp3) is 0.615. The fourth-order valence-corrected chi connectivity index (χ4v) is 3.32. The van der Waals surface area contributed by atoms with Crippen LogP contribution in [0.4, 0.5) is 8.78 Å². The average Bonchev–Trinajstić information content (AvgIpc) is 2.89. The molecule has 1 aliphatic heterocycles. The van der Waals surface area contributed by atoms with Crippen LogP contribution < -0.4 is 5.32 Å². The Bertz CT molecular complexity index is 411. The van der Waals surface area contributed by atoms with Gasteiger partial charge in [0.15, 0.2) is 0 Å². The van der Waals surface area contributed by atoms with Crippen molar-refractivity contribution in [3.8, 4) is 0 Å². The third kappa shape index (κ3) is 3.98. The molecular weight excluding hydrogens is 270 g/mol. The summed E-state index contributed by atoms with van der Waals surface area (Å²) in [4.78, 5) is 14.5. The number of rotatable bonds is 4. The molecule has 0 spiro atoms. The molecule has 0 aliphatic carbocycles. The van der Waals surface area contributed by atoms with Gasteiger partial charge in [0.05, 0.1) is 6.54 Å². The molecule has 0 aromatic carbocycles. The Hall–Kier alpha value is -1.01. The van der Waals surface area contributed by atoms with Crippen molar-refractivity contribution < 1.29 is 13.6 Å². The minimum Gasteiger partial charge on any atom is -0.341 e. The van der Waals surface area contributed by atoms with Crippen LogP contribution in [0.2, 0.25) is 0 Å². The predicted octanol–water partition coefficient (Wildman–Crippen LogP) is 2.31. The molecule has 1 aliphatic rings. The second-order valence-electron chi connectivity index (χ2n) is 4.87. The number of likely N-dealkylation sites (tertiary alicyclic amines) is 1. The van der Waals surface area contributed by atoms with Crippen molar-refractivity contribution >= 4 is 17.2 Å². The number of halogens is 2. The van der Waals surface area contributed by atoms with Crippen LogP contribution in [-0.2, 0) is 4.79 Å². The van der Waals surface area contributed by atoms with Crippen molar-refractivity contribution in [3.63, 3.8) is 0 Å². The van der Waals surface area contributed by atoms with E-state index in [9.17, 15) is 13.6 Å². The van der Waals surface area contributed by atoms with Crippen molar-refractivity contribution in [2.45, 2.75) is 31.7 Å². The molecule has 1 fully saturated rings. The highest BCUT2D eigenvalue weighted by Crippen LogP contribution is 2.30. The van der Waals surface area contributed by atoms with Crippen molar-refractivity contribution in [1.29, 1.82) is 0 Å². The largest absolute Gasteiger partial charge is 0.341 e. The molecule has 2 rings (SSSR count). The molecule has 3 nitrogen and oxygen atoms in total. The number of alkyl halides is 2. The van der Waals surface area contributed by atoms with E-state index in [1.165, 1.54) is 11.8 Å². The molecule has 1 aromatic rings. The van der Waals surface area contributed by atoms with Crippen LogP contribution in [0.25, 0.3) is 0 Å². The molecule has 2 atom stereocenters. The van der Waals surface area contributed by atoms with E-state index in [-0.39, 0.29) is 24.4 Å². The van der Waals surface area contributed by atoms with Gasteiger partial charge in [-0.25, -0.2) is 8.78 Å². The Morgan fingerprint density at radius 3 is 2.95 bits per heavy atom. The van der Waals surface area contributed by atoms with E-state index in [2.05, 4.69) is 5.32 Å². The minimum absolute atomic E-state index is 0.00473. The number of hydrogen-bond donors (Lipinski definition) is 1. The third-order valence-electron chi connectivity index (χ3n) is 3.40. The van der Waals surface area contributed by atoms with Gasteiger partial charge in [-0.15, -0.1) is 11.3 Å². The quantitative estimate of drug-likeness (QED) is 0.922. The summed E-state index contributed by atoms with van der Waals surface area (Å²) in [5, 5.41) is 4.86. The maximum atomic E-state index is 12.3. The predicted molar refractivity (Wildman–Crippen MR) is 71.7 cm³/mol. The topological polar surface area (TPSA) is 32.3 Å². The molecule has 1 saturated heterocycles. The monoisotopic (exact) mass is 288 g/mol. The number of thiophene rings is 1. The van der Waals surface area contributed by atoms with E-state index in [0.29, 0.717) is 13.1 Å². The van der Waals surface area contributed by atoms with Crippen molar-refractivity contribution in [3.05, 3.63) is 22.4 Å². The van der Waals surface area contributed by atoms with E-state index in [1.807, 2.05) is 17.5 Å². The highest BCUT2D eigenvalue weighted by Gasteiger charge is 2.30. The molecule has 1 aromatic heterocycles. The lowest BCUT2D eigenvalue weighted by Crippen LogP contribution is -2.50. The van der Waals surface area contributed by atoms with Crippen LogP contribution in [0.3, 0.4) is 0 Å². The highest BCUT2D eigenvalue weighted by atomic mass is 32.1. The fourth-order valence-electron chi connectivity index (χ4n) is 2.49. The molecular formula is C13H18F2N2OS. The number of amides is 1. The van der Waals surface area contributed by atoms with Crippen LogP contribution >= 0.6 is 11.3 Å². The number of piperidine rings is 1. The summed E-state index contributed by atoms with van der Waals surface area (Å²) >= 11 is 1.66. The Morgan fingerprint density at radius 1 is 1.58 bits per heavy atom. The van der Waals surface area contributed by atoms with E-state index >= 15 is 0 Å². The normalized spacial score (nSPS) is 23.9. The first-order chi connectivity index (χ1) is 9.06. The van der Waals surface area contributed by atoms with Crippen LogP contribution in [-0.4, -0.2) is 42.9 Å². The molecule has 0 saturated carbocycles. The first-order valence-electron chi connectivity index (χ1n) is 6.36. The van der Waals surface area contributed by atoms with E-state index in [1.54, 1.807) is 16.2 Å². The molecule has 106 valence electrons. The van der Waals surface area contributed by atoms with Crippen LogP contribution in [0.15, 0.2) is 17.5 Å². The SMILES string of the molecule is CC(=O)N1CC(NCC(F)F)CC(c2cccs2)C1. The van der Waals surface area contributed by atoms with E-state index in [0.717, 1.165) is 6.42 Å². The summed E-state index contributed by atoms with van der Waals surface area (Å²) in [6.07, 6.45) is -1.55. The van der Waals surface area contributed by atoms with Gasteiger partial charge in [0, 0.05) is 36.9 Å². The Morgan fingerprint density at radius 2 is 2.37 bits per heavy atom. The van der Waals surface area contributed by atoms with Gasteiger partial charge in [-0.2, -0.15) is 0 Å². The number of nitrogens with one attached hydrogen (secondary N) is 1. The van der Waals surface area contributed by atoms with Gasteiger partial charge in [-0.1, -0.05) is 6.07 Å². The van der Waals surface area contributed by atoms with Crippen LogP contribution in [0.5, 0.6) is 0 Å². The standard InChI is InChI=1S/C13H18F2N2OS/c1-9(18)17-7-10(12-3-2-4-19-12)5-11(8-17)16-6-13(14)15/h2-4,10-11,13,16H,5-8H2,1H3. The number of nitrogens with zero attached hydrogens (tertiary/aromatic N) is 1. The zero-order valence-electron chi connectivity index (χ0n) is 10.8. The minimum atomic E-state index is -2.35. The zero-order chi connectivity index (χ0) is 13.8. The van der Waals surface area contributed by atoms with Crippen molar-refractivity contribution in [2.75, 3.05) is 19.6 Å². The third-order valence-corrected chi connectivity index (χ3v) is 4.44. The Balaban J connectivity index is 2.02. The Labute approximate surface area is 115 Å². The van der Waals surface area contributed by atoms with Gasteiger partial charge < -0.3 is 10.2 Å². The second kappa shape index (κ2) is 6.43. The van der Waals surface area contributed by atoms with Gasteiger partial charge in [-0.3, -0.25) is 4.79 Å². The zero-order valence-corrected chi connectivity index (χ0v) is 11.6. The molecule has 1 amide bonds. The summed E-state index contributed by atoms with van der Waals surface area (Å²) in [5.74, 6) is 0.248. The lowest BCUT2D eigenvalue weighted by atomic mass is 9.92. The van der Waals surface area contributed by atoms with Crippen LogP contribution in [0, 0.1) is 0 Å². The van der Waals surface area contributed by atoms with Crippen molar-refractivity contribution in [2.24, 2.45) is 0 Å². The molecule has 1 N–H and O–H groups in total. The smallest absolute Gasteiger partial charge is 0.250 e. The maximum absolute atomic E-state index is 12.3. The molecule has 6 heteroatoms. The van der Waals surface area contributed by atoms with Gasteiger partial charge in [0.2, 0.25) is 5.91 Å². The molecule has 19 heavy (non-hydrogen) atoms. The Kier molecular flexibility index (Phi) is 4.87. The first kappa shape index (κ1) is 14.4. The number of hydrogen-bond acceptors (Lipinski definition) is 3. The number of carbonyl (C=O) groups excluding carboxylic acids is 1. The molecule has 0 radical (unpaired) electrons. The summed E-state index contributed by atoms with van der Waals surface area (Å²) in [5.41, 5.74) is 0. The number of carbonyl (C=O) groups is 1. The average molecular weight is 288 g/mol. The summed E-state index contributed by atoms with van der Waals surface area (Å²) < 4.78 is 24.6. The van der Waals surface area contributed by atoms with Gasteiger partial charge in [0.25, 0.3) is 6.43 Å². The molecule has 2 heterocycles. The lowest BCUT2D eigenvalue weighted by molar-refractivity contribution is -0.130. The first-order valence-corrected chi connectivity index (χ1v) is 7.24. The van der Waals surface area contributed by atoms with E-state index in [4.69, 9.17) is 0 Å². The lowest BCUT2D eigenvalue weighted by Gasteiger charge is -2.37. The van der Waals surface area contributed by atoms with Gasteiger partial charge in [-0.05, 0) is 17.9 Å². The summed E-state index contributed by atoms with van der Waals surface area (Å²) in [7, 11) is 0.